The molecule has 0 aliphatic carbocycles. The minimum absolute atomic E-state index is 0.197. The zero-order valence-electron chi connectivity index (χ0n) is 26.7. The smallest absolute Gasteiger partial charge is 0.243 e. The van der Waals surface area contributed by atoms with Crippen molar-refractivity contribution < 1.29 is 23.7 Å². The molecule has 1 saturated heterocycles. The van der Waals surface area contributed by atoms with E-state index in [4.69, 9.17) is 18.9 Å². The molecule has 4 rings (SSSR count). The first-order valence-electron chi connectivity index (χ1n) is 15.4. The number of rotatable bonds is 19. The Morgan fingerprint density at radius 1 is 0.977 bits per heavy atom. The van der Waals surface area contributed by atoms with Crippen molar-refractivity contribution in [2.45, 2.75) is 18.5 Å². The van der Waals surface area contributed by atoms with Crippen molar-refractivity contribution in [3.05, 3.63) is 72.4 Å². The average Bonchev–Trinajstić information content (AvgIpc) is 3.60. The summed E-state index contributed by atoms with van der Waals surface area (Å²) in [5.41, 5.74) is 4.95. The number of carbonyl (C=O) groups is 1. The predicted molar refractivity (Wildman–Crippen MR) is 176 cm³/mol. The Kier molecular flexibility index (Phi) is 13.1. The number of aryl methyl sites for hydroxylation is 1. The van der Waals surface area contributed by atoms with Gasteiger partial charge >= 0.3 is 0 Å². The first-order valence-corrected chi connectivity index (χ1v) is 15.4. The highest BCUT2D eigenvalue weighted by molar-refractivity contribution is 5.94. The molecule has 10 nitrogen and oxygen atoms in total. The number of fused-ring (bicyclic) bond motifs is 1. The maximum Gasteiger partial charge on any atom is 0.243 e. The average molecular weight is 608 g/mol. The molecule has 1 aromatic heterocycles. The molecular formula is C34H49N5O5. The van der Waals surface area contributed by atoms with Gasteiger partial charge < -0.3 is 39.0 Å². The fourth-order valence-corrected chi connectivity index (χ4v) is 5.95. The molecule has 3 aromatic rings. The summed E-state index contributed by atoms with van der Waals surface area (Å²) in [6.45, 7) is 10.5. The van der Waals surface area contributed by atoms with E-state index in [9.17, 15) is 4.79 Å². The van der Waals surface area contributed by atoms with Gasteiger partial charge in [-0.15, -0.1) is 0 Å². The van der Waals surface area contributed by atoms with E-state index < -0.39 is 0 Å². The van der Waals surface area contributed by atoms with Gasteiger partial charge in [0.25, 0.3) is 0 Å². The molecule has 2 aromatic carbocycles. The van der Waals surface area contributed by atoms with Crippen LogP contribution < -0.4 is 15.4 Å². The Morgan fingerprint density at radius 2 is 1.68 bits per heavy atom. The molecule has 10 heteroatoms. The van der Waals surface area contributed by atoms with Crippen molar-refractivity contribution in [1.29, 1.82) is 0 Å². The van der Waals surface area contributed by atoms with E-state index in [0.717, 1.165) is 31.1 Å². The van der Waals surface area contributed by atoms with E-state index in [0.29, 0.717) is 64.7 Å². The molecule has 0 unspecified atom stereocenters. The van der Waals surface area contributed by atoms with Crippen LogP contribution >= 0.6 is 0 Å². The van der Waals surface area contributed by atoms with Crippen LogP contribution in [0.1, 0.15) is 17.0 Å². The Labute approximate surface area is 261 Å². The number of ether oxygens (including phenoxy) is 4. The van der Waals surface area contributed by atoms with Crippen LogP contribution in [0.15, 0.2) is 61.3 Å². The lowest BCUT2D eigenvalue weighted by molar-refractivity contribution is -0.116. The summed E-state index contributed by atoms with van der Waals surface area (Å²) >= 11 is 0. The van der Waals surface area contributed by atoms with Crippen LogP contribution in [0.25, 0.3) is 10.9 Å². The quantitative estimate of drug-likeness (QED) is 0.158. The lowest BCUT2D eigenvalue weighted by Gasteiger charge is -2.25. The molecule has 1 amide bonds. The standard InChI is InChI=1S/C34H49N5O5/c1-6-33(40)36-15-17-43-19-21-44-20-18-42-16-14-35-30-12-9-11-27-28(23-38(4)34(27)30)29-24-39(25-31(29)37(2)3)22-26-10-7-8-13-32(26)41-5/h6-13,23,29,31,35H,1,14-22,24-25H2,2-5H3,(H,36,40)/t29-,31+/m1/s1. The minimum Gasteiger partial charge on any atom is -0.496 e. The Balaban J connectivity index is 1.25. The summed E-state index contributed by atoms with van der Waals surface area (Å²) < 4.78 is 24.6. The topological polar surface area (TPSA) is 89.5 Å². The van der Waals surface area contributed by atoms with Gasteiger partial charge in [-0.05, 0) is 37.9 Å². The fourth-order valence-electron chi connectivity index (χ4n) is 5.95. The fraction of sp³-hybridized carbons (Fsp3) is 0.500. The number of carbonyl (C=O) groups excluding carboxylic acids is 1. The zero-order chi connectivity index (χ0) is 31.3. The van der Waals surface area contributed by atoms with Crippen molar-refractivity contribution in [3.8, 4) is 5.75 Å². The molecule has 2 heterocycles. The first kappa shape index (κ1) is 33.5. The van der Waals surface area contributed by atoms with Gasteiger partial charge in [-0.3, -0.25) is 9.69 Å². The molecule has 1 aliphatic rings. The molecule has 2 atom stereocenters. The van der Waals surface area contributed by atoms with Crippen LogP contribution in [0.2, 0.25) is 0 Å². The van der Waals surface area contributed by atoms with Crippen molar-refractivity contribution in [1.82, 2.24) is 19.7 Å². The summed E-state index contributed by atoms with van der Waals surface area (Å²) in [5, 5.41) is 7.55. The Morgan fingerprint density at radius 3 is 2.39 bits per heavy atom. The van der Waals surface area contributed by atoms with Gasteiger partial charge in [-0.25, -0.2) is 0 Å². The second-order valence-electron chi connectivity index (χ2n) is 11.3. The number of aromatic nitrogens is 1. The predicted octanol–water partition coefficient (Wildman–Crippen LogP) is 3.48. The molecule has 0 bridgehead atoms. The van der Waals surface area contributed by atoms with Crippen LogP contribution in [0.4, 0.5) is 5.69 Å². The number of anilines is 1. The third-order valence-corrected chi connectivity index (χ3v) is 8.08. The molecular weight excluding hydrogens is 558 g/mol. The number of benzene rings is 2. The first-order chi connectivity index (χ1) is 21.4. The number of nitrogens with zero attached hydrogens (tertiary/aromatic N) is 3. The number of para-hydroxylation sites is 2. The molecule has 44 heavy (non-hydrogen) atoms. The largest absolute Gasteiger partial charge is 0.496 e. The van der Waals surface area contributed by atoms with Crippen LogP contribution in [0, 0.1) is 0 Å². The van der Waals surface area contributed by atoms with Gasteiger partial charge in [-0.1, -0.05) is 36.9 Å². The summed E-state index contributed by atoms with van der Waals surface area (Å²) in [7, 11) is 8.26. The van der Waals surface area contributed by atoms with Crippen molar-refractivity contribution in [2.24, 2.45) is 7.05 Å². The third-order valence-electron chi connectivity index (χ3n) is 8.08. The van der Waals surface area contributed by atoms with E-state index in [2.05, 4.69) is 89.3 Å². The zero-order valence-corrected chi connectivity index (χ0v) is 26.7. The summed E-state index contributed by atoms with van der Waals surface area (Å²) in [4.78, 5) is 16.0. The van der Waals surface area contributed by atoms with Gasteiger partial charge in [0.2, 0.25) is 5.91 Å². The van der Waals surface area contributed by atoms with Gasteiger partial charge in [0.1, 0.15) is 5.75 Å². The summed E-state index contributed by atoms with van der Waals surface area (Å²) in [6.07, 6.45) is 3.56. The van der Waals surface area contributed by atoms with E-state index in [-0.39, 0.29) is 5.91 Å². The lowest BCUT2D eigenvalue weighted by atomic mass is 9.93. The van der Waals surface area contributed by atoms with Gasteiger partial charge in [0, 0.05) is 68.9 Å². The maximum atomic E-state index is 11.1. The minimum atomic E-state index is -0.197. The van der Waals surface area contributed by atoms with Crippen LogP contribution in [-0.4, -0.2) is 113 Å². The van der Waals surface area contributed by atoms with Gasteiger partial charge in [0.05, 0.1) is 58.0 Å². The number of hydrogen-bond acceptors (Lipinski definition) is 8. The molecule has 240 valence electrons. The molecule has 0 radical (unpaired) electrons. The second-order valence-corrected chi connectivity index (χ2v) is 11.3. The summed E-state index contributed by atoms with van der Waals surface area (Å²) in [6, 6.07) is 15.3. The highest BCUT2D eigenvalue weighted by Gasteiger charge is 2.37. The Hall–Kier alpha value is -3.41. The third kappa shape index (κ3) is 9.06. The second kappa shape index (κ2) is 17.2. The van der Waals surface area contributed by atoms with E-state index in [1.807, 2.05) is 12.1 Å². The van der Waals surface area contributed by atoms with Crippen molar-refractivity contribution >= 4 is 22.5 Å². The summed E-state index contributed by atoms with van der Waals surface area (Å²) in [5.74, 6) is 1.14. The van der Waals surface area contributed by atoms with E-state index in [1.165, 1.54) is 28.1 Å². The number of amides is 1. The van der Waals surface area contributed by atoms with E-state index >= 15 is 0 Å². The monoisotopic (exact) mass is 607 g/mol. The number of nitrogens with one attached hydrogen (secondary N) is 2. The number of methoxy groups -OCH3 is 1. The van der Waals surface area contributed by atoms with E-state index in [1.54, 1.807) is 7.11 Å². The molecule has 1 fully saturated rings. The van der Waals surface area contributed by atoms with Crippen molar-refractivity contribution in [2.75, 3.05) is 92.3 Å². The van der Waals surface area contributed by atoms with Gasteiger partial charge in [0.15, 0.2) is 0 Å². The molecule has 0 saturated carbocycles. The molecule has 1 aliphatic heterocycles. The highest BCUT2D eigenvalue weighted by Crippen LogP contribution is 2.38. The molecule has 0 spiro atoms. The number of likely N-dealkylation sites (tertiary alicyclic amines) is 1. The van der Waals surface area contributed by atoms with Crippen molar-refractivity contribution in [3.63, 3.8) is 0 Å². The van der Waals surface area contributed by atoms with Crippen LogP contribution in [0.3, 0.4) is 0 Å². The number of hydrogen-bond donors (Lipinski definition) is 2. The normalized spacial score (nSPS) is 16.9. The molecule has 2 N–H and O–H groups in total. The SMILES string of the molecule is C=CC(=O)NCCOCCOCCOCCNc1cccc2c([C@H]3CN(Cc4ccccc4OC)C[C@@H]3N(C)C)cn(C)c12. The number of likely N-dealkylation sites (N-methyl/N-ethyl adjacent to an activating group) is 1. The maximum absolute atomic E-state index is 11.1. The highest BCUT2D eigenvalue weighted by atomic mass is 16.5. The van der Waals surface area contributed by atoms with Crippen LogP contribution in [0.5, 0.6) is 5.75 Å². The lowest BCUT2D eigenvalue weighted by Crippen LogP contribution is -2.34. The Bertz CT molecular complexity index is 1340. The van der Waals surface area contributed by atoms with Crippen LogP contribution in [-0.2, 0) is 32.6 Å². The van der Waals surface area contributed by atoms with Gasteiger partial charge in [-0.2, -0.15) is 0 Å².